The first-order valence-electron chi connectivity index (χ1n) is 12.1. The average molecular weight is 545 g/mol. The molecule has 3 rings (SSSR count). The van der Waals surface area contributed by atoms with E-state index in [1.54, 1.807) is 21.1 Å². The van der Waals surface area contributed by atoms with Crippen LogP contribution in [0.1, 0.15) is 0 Å². The van der Waals surface area contributed by atoms with Gasteiger partial charge >= 0.3 is 0 Å². The molecule has 0 radical (unpaired) electrons. The third kappa shape index (κ3) is 6.25. The monoisotopic (exact) mass is 544 g/mol. The van der Waals surface area contributed by atoms with Gasteiger partial charge in [0.05, 0.1) is 53.0 Å². The Morgan fingerprint density at radius 3 is 1.54 bits per heavy atom. The van der Waals surface area contributed by atoms with Gasteiger partial charge in [-0.05, 0) is 0 Å². The zero-order valence-corrected chi connectivity index (χ0v) is 21.0. The molecule has 12 N–H and O–H groups in total. The molecule has 0 amide bonds. The Balaban J connectivity index is 1.76. The van der Waals surface area contributed by atoms with Gasteiger partial charge in [0, 0.05) is 0 Å². The van der Waals surface area contributed by atoms with Crippen LogP contribution in [-0.4, -0.2) is 178 Å². The van der Waals surface area contributed by atoms with Crippen LogP contribution in [0.3, 0.4) is 0 Å². The Morgan fingerprint density at radius 1 is 0.622 bits per heavy atom. The molecule has 15 atom stereocenters. The maximum Gasteiger partial charge on any atom is 0.211 e. The molecule has 0 aromatic rings. The van der Waals surface area contributed by atoms with Crippen molar-refractivity contribution >= 4 is 0 Å². The third-order valence-corrected chi connectivity index (χ3v) is 7.15. The maximum atomic E-state index is 11.0. The van der Waals surface area contributed by atoms with Crippen LogP contribution in [0.5, 0.6) is 0 Å². The van der Waals surface area contributed by atoms with Crippen molar-refractivity contribution in [1.29, 1.82) is 0 Å². The highest BCUT2D eigenvalue weighted by atomic mass is 16.7. The van der Waals surface area contributed by atoms with E-state index in [1.807, 2.05) is 0 Å². The Hall–Kier alpha value is -0.640. The molecule has 3 saturated heterocycles. The summed E-state index contributed by atoms with van der Waals surface area (Å²) in [4.78, 5) is 0. The largest absolute Gasteiger partial charge is 0.394 e. The van der Waals surface area contributed by atoms with Crippen LogP contribution in [0.4, 0.5) is 0 Å². The second-order valence-corrected chi connectivity index (χ2v) is 10.6. The quantitative estimate of drug-likeness (QED) is 0.127. The number of rotatable bonds is 8. The van der Waals surface area contributed by atoms with Crippen molar-refractivity contribution in [3.63, 3.8) is 0 Å². The smallest absolute Gasteiger partial charge is 0.211 e. The summed E-state index contributed by atoms with van der Waals surface area (Å²) in [6.45, 7) is -1.94. The summed E-state index contributed by atoms with van der Waals surface area (Å²) in [6, 6.07) is -3.44. The molecule has 0 bridgehead atoms. The fourth-order valence-electron chi connectivity index (χ4n) is 4.99. The van der Waals surface area contributed by atoms with Crippen molar-refractivity contribution in [2.75, 3.05) is 41.0 Å². The standard InChI is InChI=1S/C21H42N3O13/c1-24(2,3)12-16(31)18(8(5-26)33-19(12)32)37-21-11(23)15(30)17(9(6-27)35-21)36-20-10(22)14(29)13(28)7(4-25)34-20/h7-21,25-32H,4-6,22-23H2,1-3H3/q+1/t7-,8-,9-,10-,11-,12-,13-,14-,15-,16-,17-,18-,19-,20+,21+/m1/s1. The molecule has 0 spiro atoms. The predicted molar refractivity (Wildman–Crippen MR) is 121 cm³/mol. The van der Waals surface area contributed by atoms with E-state index in [1.165, 1.54) is 0 Å². The number of likely N-dealkylation sites (N-methyl/N-ethyl adjacent to an activating group) is 1. The number of aliphatic hydroxyl groups excluding tert-OH is 8. The highest BCUT2D eigenvalue weighted by molar-refractivity contribution is 4.98. The molecule has 37 heavy (non-hydrogen) atoms. The normalized spacial score (nSPS) is 49.7. The van der Waals surface area contributed by atoms with E-state index in [0.717, 1.165) is 0 Å². The van der Waals surface area contributed by atoms with E-state index >= 15 is 0 Å². The van der Waals surface area contributed by atoms with Gasteiger partial charge in [0.25, 0.3) is 0 Å². The zero-order chi connectivity index (χ0) is 27.8. The fourth-order valence-corrected chi connectivity index (χ4v) is 4.99. The Kier molecular flexibility index (Phi) is 10.2. The lowest BCUT2D eigenvalue weighted by molar-refractivity contribution is -0.909. The van der Waals surface area contributed by atoms with Gasteiger partial charge in [0.15, 0.2) is 18.6 Å². The van der Waals surface area contributed by atoms with Crippen molar-refractivity contribution in [2.45, 2.75) is 91.9 Å². The molecule has 16 heteroatoms. The molecular formula is C21H42N3O13+. The number of hydrogen-bond donors (Lipinski definition) is 10. The first-order valence-corrected chi connectivity index (χ1v) is 12.1. The van der Waals surface area contributed by atoms with Gasteiger partial charge in [-0.15, -0.1) is 0 Å². The number of nitrogens with two attached hydrogens (primary N) is 2. The minimum atomic E-state index is -1.54. The van der Waals surface area contributed by atoms with Gasteiger partial charge in [-0.2, -0.15) is 0 Å². The fraction of sp³-hybridized carbons (Fsp3) is 1.00. The van der Waals surface area contributed by atoms with Gasteiger partial charge in [0.2, 0.25) is 6.29 Å². The van der Waals surface area contributed by atoms with E-state index < -0.39 is 112 Å². The Bertz CT molecular complexity index is 728. The van der Waals surface area contributed by atoms with Crippen molar-refractivity contribution in [3.05, 3.63) is 0 Å². The lowest BCUT2D eigenvalue weighted by Crippen LogP contribution is -2.71. The molecule has 0 aromatic carbocycles. The van der Waals surface area contributed by atoms with Gasteiger partial charge in [-0.3, -0.25) is 0 Å². The van der Waals surface area contributed by atoms with Crippen LogP contribution in [0.15, 0.2) is 0 Å². The number of hydrogen-bond acceptors (Lipinski definition) is 15. The first kappa shape index (κ1) is 30.9. The van der Waals surface area contributed by atoms with Gasteiger partial charge in [-0.25, -0.2) is 0 Å². The average Bonchev–Trinajstić information content (AvgIpc) is 2.83. The van der Waals surface area contributed by atoms with E-state index in [-0.39, 0.29) is 4.48 Å². The summed E-state index contributed by atoms with van der Waals surface area (Å²) >= 11 is 0. The lowest BCUT2D eigenvalue weighted by Gasteiger charge is -2.50. The van der Waals surface area contributed by atoms with Crippen LogP contribution >= 0.6 is 0 Å². The van der Waals surface area contributed by atoms with Crippen molar-refractivity contribution < 1.29 is 69.0 Å². The highest BCUT2D eigenvalue weighted by Gasteiger charge is 2.55. The lowest BCUT2D eigenvalue weighted by atomic mass is 9.93. The van der Waals surface area contributed by atoms with Crippen molar-refractivity contribution in [1.82, 2.24) is 0 Å². The molecule has 3 heterocycles. The topological polar surface area (TPSA) is 260 Å². The molecular weight excluding hydrogens is 502 g/mol. The summed E-state index contributed by atoms with van der Waals surface area (Å²) in [5.41, 5.74) is 12.1. The van der Waals surface area contributed by atoms with Crippen molar-refractivity contribution in [3.8, 4) is 0 Å². The minimum absolute atomic E-state index is 0.0900. The number of quaternary nitrogens is 1. The van der Waals surface area contributed by atoms with Gasteiger partial charge in [-0.1, -0.05) is 0 Å². The van der Waals surface area contributed by atoms with Crippen LogP contribution in [0.25, 0.3) is 0 Å². The van der Waals surface area contributed by atoms with Gasteiger partial charge in [0.1, 0.15) is 54.9 Å². The van der Waals surface area contributed by atoms with Crippen LogP contribution in [0.2, 0.25) is 0 Å². The van der Waals surface area contributed by atoms with E-state index in [4.69, 9.17) is 35.2 Å². The zero-order valence-electron chi connectivity index (χ0n) is 21.0. The summed E-state index contributed by atoms with van der Waals surface area (Å²) in [5.74, 6) is 0. The minimum Gasteiger partial charge on any atom is -0.394 e. The van der Waals surface area contributed by atoms with Gasteiger partial charge < -0.3 is 80.5 Å². The SMILES string of the molecule is C[N+](C)(C)[C@@H]1[C@@H](O)[C@H](O[C@@H]2O[C@H](CO)[C@@H](O[C@@H]3O[C@H](CO)[C@@H](O)[C@H](O)[C@H]3N)[C@H](O)[C@H]2N)[C@@H](CO)O[C@H]1O. The number of aliphatic hydroxyl groups is 8. The molecule has 0 unspecified atom stereocenters. The van der Waals surface area contributed by atoms with E-state index in [2.05, 4.69) is 0 Å². The molecule has 0 aliphatic carbocycles. The van der Waals surface area contributed by atoms with Crippen LogP contribution in [0, 0.1) is 0 Å². The summed E-state index contributed by atoms with van der Waals surface area (Å²) in [5, 5.41) is 81.6. The highest BCUT2D eigenvalue weighted by Crippen LogP contribution is 2.32. The van der Waals surface area contributed by atoms with Crippen LogP contribution < -0.4 is 11.5 Å². The van der Waals surface area contributed by atoms with E-state index in [0.29, 0.717) is 0 Å². The summed E-state index contributed by atoms with van der Waals surface area (Å²) < 4.78 is 28.3. The molecule has 3 aliphatic heterocycles. The second-order valence-electron chi connectivity index (χ2n) is 10.6. The van der Waals surface area contributed by atoms with Crippen molar-refractivity contribution in [2.24, 2.45) is 11.5 Å². The van der Waals surface area contributed by atoms with E-state index in [9.17, 15) is 40.9 Å². The summed E-state index contributed by atoms with van der Waals surface area (Å²) in [7, 11) is 5.17. The second kappa shape index (κ2) is 12.3. The number of ether oxygens (including phenoxy) is 5. The Morgan fingerprint density at radius 2 is 1.05 bits per heavy atom. The molecule has 16 nitrogen and oxygen atoms in total. The molecule has 0 aromatic heterocycles. The molecule has 0 saturated carbocycles. The Labute approximate surface area is 214 Å². The maximum absolute atomic E-state index is 11.0. The number of nitrogens with zero attached hydrogens (tertiary/aromatic N) is 1. The molecule has 3 aliphatic rings. The molecule has 218 valence electrons. The third-order valence-electron chi connectivity index (χ3n) is 7.15. The predicted octanol–water partition coefficient (Wildman–Crippen LogP) is -6.93. The molecule has 3 fully saturated rings. The first-order chi connectivity index (χ1) is 17.3. The summed E-state index contributed by atoms with van der Waals surface area (Å²) in [6.07, 6.45) is -16.3. The van der Waals surface area contributed by atoms with Crippen LogP contribution in [-0.2, 0) is 23.7 Å².